The van der Waals surface area contributed by atoms with E-state index < -0.39 is 0 Å². The lowest BCUT2D eigenvalue weighted by Crippen LogP contribution is -2.42. The molecule has 1 aliphatic rings. The predicted molar refractivity (Wildman–Crippen MR) is 85.8 cm³/mol. The summed E-state index contributed by atoms with van der Waals surface area (Å²) in [6.45, 7) is 11.9. The monoisotopic (exact) mass is 292 g/mol. The fraction of sp³-hybridized carbons (Fsp3) is 0.647. The zero-order valence-corrected chi connectivity index (χ0v) is 13.5. The van der Waals surface area contributed by atoms with Crippen molar-refractivity contribution >= 4 is 0 Å². The van der Waals surface area contributed by atoms with Crippen molar-refractivity contribution in [2.24, 2.45) is 0 Å². The van der Waals surface area contributed by atoms with Crippen LogP contribution in [0.1, 0.15) is 26.3 Å². The molecule has 1 aliphatic heterocycles. The van der Waals surface area contributed by atoms with Crippen molar-refractivity contribution in [3.8, 4) is 5.75 Å². The van der Waals surface area contributed by atoms with E-state index in [0.29, 0.717) is 12.1 Å². The number of rotatable bonds is 7. The first-order chi connectivity index (χ1) is 10.1. The highest BCUT2D eigenvalue weighted by molar-refractivity contribution is 5.27. The van der Waals surface area contributed by atoms with E-state index in [9.17, 15) is 0 Å². The van der Waals surface area contributed by atoms with Gasteiger partial charge in [-0.05, 0) is 24.6 Å². The van der Waals surface area contributed by atoms with E-state index in [0.717, 1.165) is 45.1 Å². The molecule has 0 saturated carbocycles. The number of hydrogen-bond donors (Lipinski definition) is 1. The third-order valence-corrected chi connectivity index (χ3v) is 3.64. The third kappa shape index (κ3) is 6.04. The first-order valence-corrected chi connectivity index (χ1v) is 7.92. The van der Waals surface area contributed by atoms with E-state index in [1.165, 1.54) is 5.56 Å². The Balaban J connectivity index is 1.68. The van der Waals surface area contributed by atoms with Gasteiger partial charge in [0.25, 0.3) is 0 Å². The summed E-state index contributed by atoms with van der Waals surface area (Å²) in [6, 6.07) is 8.87. The highest BCUT2D eigenvalue weighted by atomic mass is 16.5. The minimum Gasteiger partial charge on any atom is -0.492 e. The van der Waals surface area contributed by atoms with Gasteiger partial charge in [-0.15, -0.1) is 0 Å². The van der Waals surface area contributed by atoms with Crippen molar-refractivity contribution in [1.29, 1.82) is 0 Å². The lowest BCUT2D eigenvalue weighted by Gasteiger charge is -2.30. The molecule has 1 fully saturated rings. The average Bonchev–Trinajstić information content (AvgIpc) is 2.46. The summed E-state index contributed by atoms with van der Waals surface area (Å²) < 4.78 is 11.4. The topological polar surface area (TPSA) is 33.7 Å². The number of benzene rings is 1. The Labute approximate surface area is 128 Å². The van der Waals surface area contributed by atoms with Gasteiger partial charge in [0.15, 0.2) is 0 Å². The summed E-state index contributed by atoms with van der Waals surface area (Å²) in [7, 11) is 0. The lowest BCUT2D eigenvalue weighted by molar-refractivity contribution is -0.0214. The molecule has 1 heterocycles. The smallest absolute Gasteiger partial charge is 0.119 e. The molecule has 2 rings (SSSR count). The fourth-order valence-electron chi connectivity index (χ4n) is 2.41. The maximum atomic E-state index is 5.82. The Bertz CT molecular complexity index is 406. The maximum absolute atomic E-state index is 5.82. The Morgan fingerprint density at radius 2 is 2.10 bits per heavy atom. The van der Waals surface area contributed by atoms with Gasteiger partial charge in [0, 0.05) is 32.2 Å². The Hall–Kier alpha value is -1.10. The average molecular weight is 292 g/mol. The Kier molecular flexibility index (Phi) is 6.49. The van der Waals surface area contributed by atoms with Crippen molar-refractivity contribution in [2.75, 3.05) is 32.8 Å². The molecule has 118 valence electrons. The molecule has 0 aliphatic carbocycles. The molecule has 4 nitrogen and oxygen atoms in total. The standard InChI is InChI=1S/C17H28N2O2/c1-14(2)18-12-16-4-6-17(7-5-16)21-11-9-19-8-10-20-15(3)13-19/h4-7,14-15,18H,8-13H2,1-3H3. The van der Waals surface area contributed by atoms with Crippen LogP contribution >= 0.6 is 0 Å². The predicted octanol–water partition coefficient (Wildman–Crippen LogP) is 2.28. The second-order valence-electron chi connectivity index (χ2n) is 6.01. The molecular weight excluding hydrogens is 264 g/mol. The van der Waals surface area contributed by atoms with Crippen LogP contribution in [-0.2, 0) is 11.3 Å². The molecule has 1 atom stereocenters. The summed E-state index contributed by atoms with van der Waals surface area (Å²) in [5.41, 5.74) is 1.29. The van der Waals surface area contributed by atoms with Crippen molar-refractivity contribution in [3.63, 3.8) is 0 Å². The van der Waals surface area contributed by atoms with Crippen LogP contribution < -0.4 is 10.1 Å². The number of hydrogen-bond acceptors (Lipinski definition) is 4. The highest BCUT2D eigenvalue weighted by Crippen LogP contribution is 2.12. The molecule has 0 amide bonds. The molecule has 0 aromatic heterocycles. The molecule has 4 heteroatoms. The highest BCUT2D eigenvalue weighted by Gasteiger charge is 2.15. The summed E-state index contributed by atoms with van der Waals surface area (Å²) >= 11 is 0. The number of nitrogens with one attached hydrogen (secondary N) is 1. The van der Waals surface area contributed by atoms with E-state index in [-0.39, 0.29) is 0 Å². The first-order valence-electron chi connectivity index (χ1n) is 7.92. The van der Waals surface area contributed by atoms with Crippen molar-refractivity contribution in [1.82, 2.24) is 10.2 Å². The van der Waals surface area contributed by atoms with Gasteiger partial charge < -0.3 is 14.8 Å². The van der Waals surface area contributed by atoms with Crippen LogP contribution in [0.15, 0.2) is 24.3 Å². The SMILES string of the molecule is CC(C)NCc1ccc(OCCN2CCOC(C)C2)cc1. The third-order valence-electron chi connectivity index (χ3n) is 3.64. The van der Waals surface area contributed by atoms with Crippen LogP contribution in [0.2, 0.25) is 0 Å². The van der Waals surface area contributed by atoms with Crippen LogP contribution in [-0.4, -0.2) is 49.9 Å². The van der Waals surface area contributed by atoms with Gasteiger partial charge in [-0.3, -0.25) is 4.90 Å². The summed E-state index contributed by atoms with van der Waals surface area (Å²) in [4.78, 5) is 2.40. The van der Waals surface area contributed by atoms with Gasteiger partial charge in [-0.25, -0.2) is 0 Å². The first kappa shape index (κ1) is 16.3. The van der Waals surface area contributed by atoms with Gasteiger partial charge in [-0.2, -0.15) is 0 Å². The van der Waals surface area contributed by atoms with Crippen LogP contribution in [0.4, 0.5) is 0 Å². The maximum Gasteiger partial charge on any atom is 0.119 e. The van der Waals surface area contributed by atoms with Gasteiger partial charge >= 0.3 is 0 Å². The summed E-state index contributed by atoms with van der Waals surface area (Å²) in [5, 5.41) is 3.41. The van der Waals surface area contributed by atoms with Crippen LogP contribution in [0, 0.1) is 0 Å². The lowest BCUT2D eigenvalue weighted by atomic mass is 10.2. The van der Waals surface area contributed by atoms with Crippen LogP contribution in [0.25, 0.3) is 0 Å². The normalized spacial score (nSPS) is 19.9. The molecule has 0 radical (unpaired) electrons. The minimum atomic E-state index is 0.339. The van der Waals surface area contributed by atoms with E-state index in [1.807, 2.05) is 0 Å². The molecule has 0 spiro atoms. The summed E-state index contributed by atoms with van der Waals surface area (Å²) in [5.74, 6) is 0.949. The van der Waals surface area contributed by atoms with Gasteiger partial charge in [0.2, 0.25) is 0 Å². The van der Waals surface area contributed by atoms with Crippen molar-refractivity contribution < 1.29 is 9.47 Å². The van der Waals surface area contributed by atoms with E-state index >= 15 is 0 Å². The number of ether oxygens (including phenoxy) is 2. The molecule has 1 aromatic rings. The molecule has 1 saturated heterocycles. The van der Waals surface area contributed by atoms with Crippen molar-refractivity contribution in [3.05, 3.63) is 29.8 Å². The zero-order chi connectivity index (χ0) is 15.1. The molecule has 21 heavy (non-hydrogen) atoms. The fourth-order valence-corrected chi connectivity index (χ4v) is 2.41. The van der Waals surface area contributed by atoms with E-state index in [4.69, 9.17) is 9.47 Å². The van der Waals surface area contributed by atoms with Crippen LogP contribution in [0.3, 0.4) is 0 Å². The Morgan fingerprint density at radius 1 is 1.33 bits per heavy atom. The second kappa shape index (κ2) is 8.37. The van der Waals surface area contributed by atoms with Crippen molar-refractivity contribution in [2.45, 2.75) is 39.5 Å². The zero-order valence-electron chi connectivity index (χ0n) is 13.5. The molecule has 0 bridgehead atoms. The molecule has 1 aromatic carbocycles. The van der Waals surface area contributed by atoms with Gasteiger partial charge in [0.05, 0.1) is 12.7 Å². The van der Waals surface area contributed by atoms with Gasteiger partial charge in [0.1, 0.15) is 12.4 Å². The number of morpholine rings is 1. The molecule has 1 unspecified atom stereocenters. The van der Waals surface area contributed by atoms with Gasteiger partial charge in [-0.1, -0.05) is 26.0 Å². The second-order valence-corrected chi connectivity index (χ2v) is 6.01. The molecular formula is C17H28N2O2. The summed E-state index contributed by atoms with van der Waals surface area (Å²) in [6.07, 6.45) is 0.339. The number of nitrogens with zero attached hydrogens (tertiary/aromatic N) is 1. The minimum absolute atomic E-state index is 0.339. The quantitative estimate of drug-likeness (QED) is 0.836. The largest absolute Gasteiger partial charge is 0.492 e. The van der Waals surface area contributed by atoms with E-state index in [2.05, 4.69) is 55.3 Å². The van der Waals surface area contributed by atoms with E-state index in [1.54, 1.807) is 0 Å². The Morgan fingerprint density at radius 3 is 2.76 bits per heavy atom. The van der Waals surface area contributed by atoms with Crippen LogP contribution in [0.5, 0.6) is 5.75 Å². The molecule has 1 N–H and O–H groups in total.